The van der Waals surface area contributed by atoms with Crippen LogP contribution in [0.15, 0.2) is 59.8 Å². The number of benzene rings is 2. The van der Waals surface area contributed by atoms with Gasteiger partial charge >= 0.3 is 0 Å². The van der Waals surface area contributed by atoms with Crippen LogP contribution in [0.2, 0.25) is 5.02 Å². The Hall–Kier alpha value is -3.01. The second kappa shape index (κ2) is 10.3. The average molecular weight is 517 g/mol. The number of piperidine rings is 1. The molecule has 1 saturated heterocycles. The van der Waals surface area contributed by atoms with Crippen molar-refractivity contribution in [2.45, 2.75) is 37.1 Å². The van der Waals surface area contributed by atoms with E-state index in [1.165, 1.54) is 18.3 Å². The quantitative estimate of drug-likeness (QED) is 0.487. The maximum Gasteiger partial charge on any atom is 0.257 e. The van der Waals surface area contributed by atoms with Crippen LogP contribution in [0.25, 0.3) is 0 Å². The minimum Gasteiger partial charge on any atom is -0.354 e. The number of pyridine rings is 1. The van der Waals surface area contributed by atoms with Gasteiger partial charge in [0.05, 0.1) is 11.3 Å². The van der Waals surface area contributed by atoms with Gasteiger partial charge in [-0.3, -0.25) is 4.79 Å². The second-order valence-electron chi connectivity index (χ2n) is 8.50. The van der Waals surface area contributed by atoms with Crippen LogP contribution in [0.4, 0.5) is 15.8 Å². The minimum absolute atomic E-state index is 0.139. The first kappa shape index (κ1) is 25.1. The summed E-state index contributed by atoms with van der Waals surface area (Å²) in [6.45, 7) is 3.01. The van der Waals surface area contributed by atoms with Gasteiger partial charge in [0.15, 0.2) is 5.03 Å². The number of hydrogen-bond donors (Lipinski definition) is 2. The van der Waals surface area contributed by atoms with Crippen LogP contribution in [0.5, 0.6) is 0 Å². The molecule has 4 rings (SSSR count). The van der Waals surface area contributed by atoms with Crippen molar-refractivity contribution in [3.05, 3.63) is 82.3 Å². The molecule has 3 N–H and O–H groups in total. The highest BCUT2D eigenvalue weighted by Gasteiger charge is 2.29. The van der Waals surface area contributed by atoms with E-state index in [2.05, 4.69) is 10.3 Å². The van der Waals surface area contributed by atoms with E-state index in [4.69, 9.17) is 16.7 Å². The molecule has 35 heavy (non-hydrogen) atoms. The lowest BCUT2D eigenvalue weighted by Gasteiger charge is -2.32. The molecule has 3 aromatic rings. The number of nitrogens with zero attached hydrogens (tertiary/aromatic N) is 2. The van der Waals surface area contributed by atoms with E-state index in [0.29, 0.717) is 18.8 Å². The smallest absolute Gasteiger partial charge is 0.257 e. The lowest BCUT2D eigenvalue weighted by molar-refractivity contribution is 0.0713. The number of nitrogens with two attached hydrogens (primary N) is 1. The van der Waals surface area contributed by atoms with Gasteiger partial charge in [-0.05, 0) is 60.6 Å². The summed E-state index contributed by atoms with van der Waals surface area (Å²) < 4.78 is 37.3. The summed E-state index contributed by atoms with van der Waals surface area (Å²) in [6, 6.07) is 14.0. The number of amides is 1. The molecule has 0 atom stereocenters. The number of rotatable bonds is 6. The zero-order chi connectivity index (χ0) is 25.2. The van der Waals surface area contributed by atoms with Crippen molar-refractivity contribution in [3.63, 3.8) is 0 Å². The van der Waals surface area contributed by atoms with E-state index in [1.807, 2.05) is 31.2 Å². The maximum atomic E-state index is 13.5. The molecule has 1 aliphatic rings. The third kappa shape index (κ3) is 5.63. The molecule has 1 amide bonds. The molecular weight excluding hydrogens is 491 g/mol. The highest BCUT2D eigenvalue weighted by atomic mass is 35.5. The summed E-state index contributed by atoms with van der Waals surface area (Å²) in [5.74, 6) is -0.371. The van der Waals surface area contributed by atoms with Gasteiger partial charge < -0.3 is 10.2 Å². The Kier molecular flexibility index (Phi) is 7.39. The lowest BCUT2D eigenvalue weighted by Crippen LogP contribution is -2.38. The summed E-state index contributed by atoms with van der Waals surface area (Å²) in [5, 5.41) is 7.64. The Morgan fingerprint density at radius 1 is 1.14 bits per heavy atom. The molecular formula is C25H26ClFN4O3S. The summed E-state index contributed by atoms with van der Waals surface area (Å²) in [4.78, 5) is 19.1. The minimum atomic E-state index is -4.20. The van der Waals surface area contributed by atoms with Gasteiger partial charge in [-0.15, -0.1) is 0 Å². The second-order valence-corrected chi connectivity index (χ2v) is 10.4. The van der Waals surface area contributed by atoms with Gasteiger partial charge in [-0.1, -0.05) is 42.8 Å². The van der Waals surface area contributed by atoms with Crippen molar-refractivity contribution >= 4 is 38.9 Å². The molecule has 1 fully saturated rings. The normalized spacial score (nSPS) is 14.7. The number of carbonyl (C=O) groups is 1. The molecule has 2 heterocycles. The molecule has 7 nitrogen and oxygen atoms in total. The zero-order valence-corrected chi connectivity index (χ0v) is 20.7. The standard InChI is InChI=1S/C25H26ClFN4O3S/c1-2-16-3-9-20(10-4-16)30-23-21(15-29-24(22(23)26)35(28,33)34)25(32)31-13-11-18(12-14-31)17-5-7-19(27)8-6-17/h3-10,15,18H,2,11-14H2,1H3,(H,29,30)(H2,28,33,34). The third-order valence-electron chi connectivity index (χ3n) is 6.24. The molecule has 0 radical (unpaired) electrons. The molecule has 0 saturated carbocycles. The number of aromatic nitrogens is 1. The number of sulfonamides is 1. The van der Waals surface area contributed by atoms with Crippen LogP contribution in [-0.2, 0) is 16.4 Å². The maximum absolute atomic E-state index is 13.5. The molecule has 0 unspecified atom stereocenters. The van der Waals surface area contributed by atoms with Gasteiger partial charge in [0, 0.05) is 25.0 Å². The van der Waals surface area contributed by atoms with E-state index in [1.54, 1.807) is 17.0 Å². The predicted octanol–water partition coefficient (Wildman–Crippen LogP) is 4.85. The van der Waals surface area contributed by atoms with Crippen molar-refractivity contribution in [1.29, 1.82) is 0 Å². The Morgan fingerprint density at radius 2 is 1.77 bits per heavy atom. The van der Waals surface area contributed by atoms with E-state index < -0.39 is 15.0 Å². The molecule has 1 aromatic heterocycles. The van der Waals surface area contributed by atoms with E-state index in [0.717, 1.165) is 30.4 Å². The first-order valence-corrected chi connectivity index (χ1v) is 13.2. The molecule has 0 aliphatic carbocycles. The fourth-order valence-electron chi connectivity index (χ4n) is 4.24. The van der Waals surface area contributed by atoms with Crippen LogP contribution in [0, 0.1) is 5.82 Å². The summed E-state index contributed by atoms with van der Waals surface area (Å²) in [5.41, 5.74) is 3.10. The van der Waals surface area contributed by atoms with E-state index in [9.17, 15) is 17.6 Å². The van der Waals surface area contributed by atoms with Crippen LogP contribution in [0.3, 0.4) is 0 Å². The van der Waals surface area contributed by atoms with Crippen LogP contribution < -0.4 is 10.5 Å². The van der Waals surface area contributed by atoms with Gasteiger partial charge in [0.2, 0.25) is 0 Å². The predicted molar refractivity (Wildman–Crippen MR) is 134 cm³/mol. The average Bonchev–Trinajstić information content (AvgIpc) is 2.85. The fourth-order valence-corrected chi connectivity index (χ4v) is 5.31. The number of anilines is 2. The van der Waals surface area contributed by atoms with Gasteiger partial charge in [0.25, 0.3) is 15.9 Å². The Labute approximate surface area is 209 Å². The largest absolute Gasteiger partial charge is 0.354 e. The molecule has 0 spiro atoms. The van der Waals surface area contributed by atoms with Crippen molar-refractivity contribution < 1.29 is 17.6 Å². The van der Waals surface area contributed by atoms with E-state index in [-0.39, 0.29) is 33.9 Å². The number of likely N-dealkylation sites (tertiary alicyclic amines) is 1. The third-order valence-corrected chi connectivity index (χ3v) is 7.57. The van der Waals surface area contributed by atoms with Crippen molar-refractivity contribution in [2.24, 2.45) is 5.14 Å². The number of nitrogens with one attached hydrogen (secondary N) is 1. The van der Waals surface area contributed by atoms with E-state index >= 15 is 0 Å². The summed E-state index contributed by atoms with van der Waals surface area (Å²) in [7, 11) is -4.20. The number of aryl methyl sites for hydroxylation is 1. The number of hydrogen-bond acceptors (Lipinski definition) is 5. The van der Waals surface area contributed by atoms with Gasteiger partial charge in [-0.2, -0.15) is 0 Å². The lowest BCUT2D eigenvalue weighted by atomic mass is 9.89. The zero-order valence-electron chi connectivity index (χ0n) is 19.2. The summed E-state index contributed by atoms with van der Waals surface area (Å²) >= 11 is 6.42. The SMILES string of the molecule is CCc1ccc(Nc2c(C(=O)N3CCC(c4ccc(F)cc4)CC3)cnc(S(N)(=O)=O)c2Cl)cc1. The number of halogens is 2. The highest BCUT2D eigenvalue weighted by molar-refractivity contribution is 7.89. The Bertz CT molecular complexity index is 1320. The first-order chi connectivity index (χ1) is 16.7. The van der Waals surface area contributed by atoms with Crippen molar-refractivity contribution in [1.82, 2.24) is 9.88 Å². The molecule has 0 bridgehead atoms. The van der Waals surface area contributed by atoms with Crippen molar-refractivity contribution in [3.8, 4) is 0 Å². The number of primary sulfonamides is 1. The molecule has 184 valence electrons. The molecule has 2 aromatic carbocycles. The monoisotopic (exact) mass is 516 g/mol. The van der Waals surface area contributed by atoms with Crippen LogP contribution >= 0.6 is 11.6 Å². The first-order valence-electron chi connectivity index (χ1n) is 11.3. The molecule has 10 heteroatoms. The topological polar surface area (TPSA) is 105 Å². The summed E-state index contributed by atoms with van der Waals surface area (Å²) in [6.07, 6.45) is 3.50. The fraction of sp³-hybridized carbons (Fsp3) is 0.280. The Balaban J connectivity index is 1.61. The molecule has 1 aliphatic heterocycles. The van der Waals surface area contributed by atoms with Crippen molar-refractivity contribution in [2.75, 3.05) is 18.4 Å². The van der Waals surface area contributed by atoms with Crippen LogP contribution in [0.1, 0.15) is 47.2 Å². The number of carbonyl (C=O) groups excluding carboxylic acids is 1. The van der Waals surface area contributed by atoms with Gasteiger partial charge in [0.1, 0.15) is 10.8 Å². The van der Waals surface area contributed by atoms with Gasteiger partial charge in [-0.25, -0.2) is 22.9 Å². The highest BCUT2D eigenvalue weighted by Crippen LogP contribution is 2.35. The van der Waals surface area contributed by atoms with Crippen LogP contribution in [-0.4, -0.2) is 37.3 Å². The Morgan fingerprint density at radius 3 is 2.34 bits per heavy atom.